The van der Waals surface area contributed by atoms with Crippen molar-refractivity contribution >= 4 is 36.9 Å². The molecule has 0 fully saturated rings. The number of rotatable bonds is 6. The van der Waals surface area contributed by atoms with Crippen molar-refractivity contribution in [2.24, 2.45) is 0 Å². The van der Waals surface area contributed by atoms with Crippen molar-refractivity contribution in [3.05, 3.63) is 36.5 Å². The second-order valence-electron chi connectivity index (χ2n) is 4.23. The van der Waals surface area contributed by atoms with Crippen molar-refractivity contribution in [3.8, 4) is 0 Å². The first-order chi connectivity index (χ1) is 9.54. The summed E-state index contributed by atoms with van der Waals surface area (Å²) < 4.78 is 32.2. The molecule has 1 aromatic carbocycles. The molecule has 0 aliphatic rings. The third kappa shape index (κ3) is 3.54. The van der Waals surface area contributed by atoms with E-state index in [9.17, 15) is 8.42 Å². The van der Waals surface area contributed by atoms with Crippen LogP contribution in [0.3, 0.4) is 0 Å². The molecule has 0 aliphatic carbocycles. The summed E-state index contributed by atoms with van der Waals surface area (Å²) in [7, 11) is -2.01. The molecule has 0 amide bonds. The number of sulfonamides is 1. The van der Waals surface area contributed by atoms with Gasteiger partial charge < -0.3 is 4.74 Å². The molecule has 0 saturated carbocycles. The maximum absolute atomic E-state index is 12.4. The van der Waals surface area contributed by atoms with Gasteiger partial charge in [0.1, 0.15) is 0 Å². The van der Waals surface area contributed by atoms with E-state index in [1.165, 1.54) is 0 Å². The minimum absolute atomic E-state index is 0.0737. The molecule has 0 bridgehead atoms. The summed E-state index contributed by atoms with van der Waals surface area (Å²) in [6.07, 6.45) is 1.64. The van der Waals surface area contributed by atoms with Gasteiger partial charge >= 0.3 is 0 Å². The first-order valence-electron chi connectivity index (χ1n) is 6.01. The van der Waals surface area contributed by atoms with Crippen molar-refractivity contribution < 1.29 is 13.2 Å². The Balaban J connectivity index is 2.28. The lowest BCUT2D eigenvalue weighted by molar-refractivity contribution is 0.201. The van der Waals surface area contributed by atoms with Gasteiger partial charge in [-0.05, 0) is 24.3 Å². The molecule has 1 unspecified atom stereocenters. The number of nitrogens with one attached hydrogen (secondary N) is 1. The minimum atomic E-state index is -3.58. The topological polar surface area (TPSA) is 68.3 Å². The van der Waals surface area contributed by atoms with Crippen LogP contribution in [0.5, 0.6) is 0 Å². The van der Waals surface area contributed by atoms with Crippen molar-refractivity contribution in [2.45, 2.75) is 9.72 Å². The van der Waals surface area contributed by atoms with Crippen LogP contribution in [-0.2, 0) is 14.8 Å². The zero-order chi connectivity index (χ0) is 14.6. The Bertz CT molecular complexity index is 686. The van der Waals surface area contributed by atoms with Gasteiger partial charge in [-0.2, -0.15) is 0 Å². The van der Waals surface area contributed by atoms with E-state index in [4.69, 9.17) is 4.74 Å². The van der Waals surface area contributed by atoms with Gasteiger partial charge in [-0.1, -0.05) is 22.0 Å². The Morgan fingerprint density at radius 2 is 2.15 bits per heavy atom. The molecule has 1 atom stereocenters. The van der Waals surface area contributed by atoms with E-state index in [0.29, 0.717) is 17.5 Å². The highest BCUT2D eigenvalue weighted by atomic mass is 79.9. The van der Waals surface area contributed by atoms with Crippen LogP contribution in [0.25, 0.3) is 10.9 Å². The van der Waals surface area contributed by atoms with Crippen LogP contribution in [0.2, 0.25) is 0 Å². The van der Waals surface area contributed by atoms with E-state index >= 15 is 0 Å². The molecule has 2 rings (SSSR count). The average molecular weight is 359 g/mol. The number of halogens is 1. The van der Waals surface area contributed by atoms with Crippen molar-refractivity contribution in [3.63, 3.8) is 0 Å². The molecule has 108 valence electrons. The Morgan fingerprint density at radius 1 is 1.35 bits per heavy atom. The standard InChI is InChI=1S/C13H15BrN2O3S/c1-19-9-10(14)8-16-20(17,18)13-6-2-5-12-11(13)4-3-7-15-12/h2-7,10,16H,8-9H2,1H3. The van der Waals surface area contributed by atoms with E-state index < -0.39 is 10.0 Å². The lowest BCUT2D eigenvalue weighted by Crippen LogP contribution is -2.31. The summed E-state index contributed by atoms with van der Waals surface area (Å²) >= 11 is 3.35. The number of benzene rings is 1. The number of fused-ring (bicyclic) bond motifs is 1. The summed E-state index contributed by atoms with van der Waals surface area (Å²) in [5, 5.41) is 0.611. The van der Waals surface area contributed by atoms with Gasteiger partial charge in [-0.3, -0.25) is 4.98 Å². The van der Waals surface area contributed by atoms with Gasteiger partial charge in [0.25, 0.3) is 0 Å². The number of hydrogen-bond acceptors (Lipinski definition) is 4. The molecule has 0 spiro atoms. The van der Waals surface area contributed by atoms with Gasteiger partial charge in [-0.25, -0.2) is 13.1 Å². The van der Waals surface area contributed by atoms with E-state index in [2.05, 4.69) is 25.6 Å². The number of alkyl halides is 1. The zero-order valence-corrected chi connectivity index (χ0v) is 13.3. The van der Waals surface area contributed by atoms with Gasteiger partial charge in [-0.15, -0.1) is 0 Å². The van der Waals surface area contributed by atoms with Crippen molar-refractivity contribution in [1.82, 2.24) is 9.71 Å². The second kappa shape index (κ2) is 6.62. The number of hydrogen-bond donors (Lipinski definition) is 1. The van der Waals surface area contributed by atoms with Crippen LogP contribution in [-0.4, -0.2) is 38.5 Å². The maximum atomic E-state index is 12.4. The van der Waals surface area contributed by atoms with Gasteiger partial charge in [0.2, 0.25) is 10.0 Å². The number of pyridine rings is 1. The molecule has 20 heavy (non-hydrogen) atoms. The Morgan fingerprint density at radius 3 is 2.90 bits per heavy atom. The van der Waals surface area contributed by atoms with Crippen molar-refractivity contribution in [1.29, 1.82) is 0 Å². The highest BCUT2D eigenvalue weighted by molar-refractivity contribution is 9.09. The van der Waals surface area contributed by atoms with Gasteiger partial charge in [0.15, 0.2) is 0 Å². The molecule has 5 nitrogen and oxygen atoms in total. The maximum Gasteiger partial charge on any atom is 0.241 e. The number of nitrogens with zero attached hydrogens (tertiary/aromatic N) is 1. The Labute approximate surface area is 126 Å². The fourth-order valence-corrected chi connectivity index (χ4v) is 3.76. The van der Waals surface area contributed by atoms with E-state index in [1.54, 1.807) is 43.6 Å². The van der Waals surface area contributed by atoms with Crippen LogP contribution < -0.4 is 4.72 Å². The predicted molar refractivity (Wildman–Crippen MR) is 81.5 cm³/mol. The zero-order valence-electron chi connectivity index (χ0n) is 10.9. The fourth-order valence-electron chi connectivity index (χ4n) is 1.83. The first kappa shape index (κ1) is 15.4. The molecule has 7 heteroatoms. The molecular weight excluding hydrogens is 344 g/mol. The molecule has 0 aliphatic heterocycles. The summed E-state index contributed by atoms with van der Waals surface area (Å²) in [4.78, 5) is 4.32. The van der Waals surface area contributed by atoms with Gasteiger partial charge in [0.05, 0.1) is 21.8 Å². The average Bonchev–Trinajstić information content (AvgIpc) is 2.45. The van der Waals surface area contributed by atoms with Crippen LogP contribution in [0, 0.1) is 0 Å². The van der Waals surface area contributed by atoms with E-state index in [0.717, 1.165) is 0 Å². The molecule has 1 heterocycles. The Kier molecular flexibility index (Phi) is 5.09. The number of aromatic nitrogens is 1. The normalized spacial score (nSPS) is 13.5. The third-order valence-electron chi connectivity index (χ3n) is 2.74. The van der Waals surface area contributed by atoms with Crippen LogP contribution in [0.1, 0.15) is 0 Å². The molecule has 0 saturated heterocycles. The fraction of sp³-hybridized carbons (Fsp3) is 0.308. The van der Waals surface area contributed by atoms with Crippen molar-refractivity contribution in [2.75, 3.05) is 20.3 Å². The van der Waals surface area contributed by atoms with E-state index in [-0.39, 0.29) is 16.3 Å². The summed E-state index contributed by atoms with van der Waals surface area (Å²) in [6, 6.07) is 8.51. The van der Waals surface area contributed by atoms with Crippen LogP contribution >= 0.6 is 15.9 Å². The Hall–Kier alpha value is -1.02. The minimum Gasteiger partial charge on any atom is -0.383 e. The smallest absolute Gasteiger partial charge is 0.241 e. The third-order valence-corrected chi connectivity index (χ3v) is 4.81. The highest BCUT2D eigenvalue weighted by Crippen LogP contribution is 2.21. The summed E-state index contributed by atoms with van der Waals surface area (Å²) in [5.74, 6) is 0. The monoisotopic (exact) mass is 358 g/mol. The van der Waals surface area contributed by atoms with Crippen LogP contribution in [0.4, 0.5) is 0 Å². The molecular formula is C13H15BrN2O3S. The molecule has 0 radical (unpaired) electrons. The number of ether oxygens (including phenoxy) is 1. The summed E-state index contributed by atoms with van der Waals surface area (Å²) in [5.41, 5.74) is 0.655. The lowest BCUT2D eigenvalue weighted by Gasteiger charge is -2.12. The highest BCUT2D eigenvalue weighted by Gasteiger charge is 2.18. The van der Waals surface area contributed by atoms with Crippen LogP contribution in [0.15, 0.2) is 41.4 Å². The lowest BCUT2D eigenvalue weighted by atomic mass is 10.2. The van der Waals surface area contributed by atoms with Gasteiger partial charge in [0, 0.05) is 25.2 Å². The first-order valence-corrected chi connectivity index (χ1v) is 8.41. The van der Waals surface area contributed by atoms with E-state index in [1.807, 2.05) is 0 Å². The molecule has 1 N–H and O–H groups in total. The summed E-state index contributed by atoms with van der Waals surface area (Å²) in [6.45, 7) is 0.687. The SMILES string of the molecule is COCC(Br)CNS(=O)(=O)c1cccc2ncccc12. The predicted octanol–water partition coefficient (Wildman–Crippen LogP) is 1.92. The number of methoxy groups -OCH3 is 1. The quantitative estimate of drug-likeness (QED) is 0.801. The molecule has 1 aromatic heterocycles. The second-order valence-corrected chi connectivity index (χ2v) is 7.26. The molecule has 2 aromatic rings. The largest absolute Gasteiger partial charge is 0.383 e.